The first-order valence-corrected chi connectivity index (χ1v) is 0.707. The third-order valence-electron chi connectivity index (χ3n) is 0. The fraction of sp³-hybridized carbons (Fsp3) is 0.250. The molecule has 0 unspecified atom stereocenters. The van der Waals surface area contributed by atoms with Gasteiger partial charge in [-0.25, -0.2) is 0 Å². The van der Waals surface area contributed by atoms with Gasteiger partial charge in [0.2, 0.25) is 0 Å². The Labute approximate surface area is 55.1 Å². The Morgan fingerprint density at radius 1 is 1.00 bits per heavy atom. The Morgan fingerprint density at radius 2 is 1.00 bits per heavy atom. The smallest absolute Gasteiger partial charge is 0.358 e. The van der Waals surface area contributed by atoms with Gasteiger partial charge in [-0.3, -0.25) is 0 Å². The second-order valence-electron chi connectivity index (χ2n) is 0. The van der Waals surface area contributed by atoms with Crippen molar-refractivity contribution in [3.8, 4) is 0 Å². The fourth-order valence-corrected chi connectivity index (χ4v) is 0. The van der Waals surface area contributed by atoms with E-state index >= 15 is 0 Å². The average Bonchev–Trinajstić information content (AvgIpc) is 1.00. The molecule has 30 valence electrons. The Kier molecular flexibility index (Phi) is 747. The molecule has 0 fully saturated rings. The molecule has 0 atom stereocenters. The minimum Gasteiger partial charge on any atom is -0.358 e. The molecule has 0 nitrogen and oxygen atoms in total. The molecule has 0 aromatic rings. The van der Waals surface area contributed by atoms with Crippen molar-refractivity contribution in [1.82, 2.24) is 0 Å². The second kappa shape index (κ2) is 94.4. The van der Waals surface area contributed by atoms with Crippen molar-refractivity contribution in [1.29, 1.82) is 0 Å². The summed E-state index contributed by atoms with van der Waals surface area (Å²) in [5, 5.41) is 0. The number of rotatable bonds is 0. The average molecular weight is 150 g/mol. The molecule has 0 aromatic heterocycles. The van der Waals surface area contributed by atoms with Crippen LogP contribution in [0.25, 0.3) is 0 Å². The third kappa shape index (κ3) is 52.0. The van der Waals surface area contributed by atoms with Crippen LogP contribution in [0.1, 0.15) is 6.92 Å². The third-order valence-corrected chi connectivity index (χ3v) is 0. The molecule has 0 amide bonds. The molecule has 0 bridgehead atoms. The Morgan fingerprint density at radius 3 is 1.00 bits per heavy atom. The summed E-state index contributed by atoms with van der Waals surface area (Å²) in [6.07, 6.45) is 0. The van der Waals surface area contributed by atoms with Crippen LogP contribution in [0.4, 0.5) is 0 Å². The van der Waals surface area contributed by atoms with Crippen LogP contribution in [0.15, 0.2) is 0 Å². The van der Waals surface area contributed by atoms with Gasteiger partial charge in [-0.05, 0) is 0 Å². The van der Waals surface area contributed by atoms with E-state index in [1.54, 1.807) is 6.92 Å². The van der Waals surface area contributed by atoms with Crippen molar-refractivity contribution < 1.29 is 26.2 Å². The summed E-state index contributed by atoms with van der Waals surface area (Å²) in [6, 6.07) is 0. The van der Waals surface area contributed by atoms with Crippen molar-refractivity contribution >= 4 is 0 Å². The molecule has 0 rings (SSSR count). The van der Waals surface area contributed by atoms with Gasteiger partial charge in [-0.15, -0.1) is 0 Å². The minimum atomic E-state index is 0. The van der Waals surface area contributed by atoms with E-state index in [2.05, 4.69) is 6.92 Å². The number of hydrogen-bond acceptors (Lipinski definition) is 0. The predicted octanol–water partition coefficient (Wildman–Crippen LogP) is 1.74. The molecular weight excluding hydrogens is 139 g/mol. The van der Waals surface area contributed by atoms with Gasteiger partial charge in [0, 0.05) is 0 Å². The van der Waals surface area contributed by atoms with Gasteiger partial charge >= 0.3 is 26.2 Å². The van der Waals surface area contributed by atoms with Crippen molar-refractivity contribution in [3.05, 3.63) is 21.8 Å². The summed E-state index contributed by atoms with van der Waals surface area (Å²) < 4.78 is 0. The maximum Gasteiger partial charge on any atom is 4.00 e. The van der Waals surface area contributed by atoms with Crippen LogP contribution in [-0.2, 0) is 26.2 Å². The second-order valence-corrected chi connectivity index (χ2v) is 0. The molecule has 0 saturated carbocycles. The van der Waals surface area contributed by atoms with Crippen molar-refractivity contribution in [2.75, 3.05) is 0 Å². The normalized spacial score (nSPS) is 1.20. The van der Waals surface area contributed by atoms with E-state index in [-0.39, 0.29) is 41.1 Å². The summed E-state index contributed by atoms with van der Waals surface area (Å²) in [7, 11) is 0. The van der Waals surface area contributed by atoms with Crippen molar-refractivity contribution in [2.45, 2.75) is 6.92 Å². The SMILES string of the molecule is [CH2-]C.[CH3-].[CH3-].[Zr+4]. The first-order chi connectivity index (χ1) is 1.00. The van der Waals surface area contributed by atoms with Gasteiger partial charge in [0.1, 0.15) is 0 Å². The molecule has 0 aromatic carbocycles. The van der Waals surface area contributed by atoms with Crippen LogP contribution in [0.5, 0.6) is 0 Å². The van der Waals surface area contributed by atoms with Crippen LogP contribution < -0.4 is 0 Å². The molecule has 5 heavy (non-hydrogen) atoms. The van der Waals surface area contributed by atoms with E-state index in [1.165, 1.54) is 0 Å². The van der Waals surface area contributed by atoms with Crippen molar-refractivity contribution in [2.24, 2.45) is 0 Å². The van der Waals surface area contributed by atoms with Crippen LogP contribution in [-0.4, -0.2) is 0 Å². The molecule has 0 aliphatic carbocycles. The van der Waals surface area contributed by atoms with E-state index < -0.39 is 0 Å². The molecule has 0 aliphatic heterocycles. The Balaban J connectivity index is -0.00000000167. The van der Waals surface area contributed by atoms with E-state index in [0.717, 1.165) is 0 Å². The molecule has 0 N–H and O–H groups in total. The van der Waals surface area contributed by atoms with Crippen LogP contribution in [0.3, 0.4) is 0 Å². The summed E-state index contributed by atoms with van der Waals surface area (Å²) in [6.45, 7) is 5.00. The van der Waals surface area contributed by atoms with Gasteiger partial charge in [-0.2, -0.15) is 6.92 Å². The maximum absolute atomic E-state index is 3.25. The molecular formula is C4H11Zr+. The van der Waals surface area contributed by atoms with E-state index in [4.69, 9.17) is 0 Å². The molecule has 0 aliphatic rings. The zero-order valence-electron chi connectivity index (χ0n) is 4.21. The molecule has 0 heterocycles. The van der Waals surface area contributed by atoms with Gasteiger partial charge in [-0.1, -0.05) is 0 Å². The van der Waals surface area contributed by atoms with Gasteiger partial charge in [0.25, 0.3) is 0 Å². The van der Waals surface area contributed by atoms with Crippen LogP contribution in [0.2, 0.25) is 0 Å². The van der Waals surface area contributed by atoms with Crippen LogP contribution >= 0.6 is 0 Å². The van der Waals surface area contributed by atoms with Crippen LogP contribution in [0, 0.1) is 21.8 Å². The molecule has 1 heteroatoms. The minimum absolute atomic E-state index is 0. The van der Waals surface area contributed by atoms with E-state index in [0.29, 0.717) is 0 Å². The standard InChI is InChI=1S/C2H5.2CH3.Zr/c1-2;;;/h1H2,2H3;2*1H3;/q3*-1;+4. The van der Waals surface area contributed by atoms with Gasteiger partial charge in [0.05, 0.1) is 0 Å². The Hall–Kier alpha value is 0.883. The summed E-state index contributed by atoms with van der Waals surface area (Å²) in [5.74, 6) is 0. The molecule has 0 spiro atoms. The summed E-state index contributed by atoms with van der Waals surface area (Å²) in [4.78, 5) is 0. The quantitative estimate of drug-likeness (QED) is 0.461. The number of hydrogen-bond donors (Lipinski definition) is 0. The van der Waals surface area contributed by atoms with Gasteiger partial charge < -0.3 is 21.8 Å². The molecule has 0 saturated heterocycles. The fourth-order valence-electron chi connectivity index (χ4n) is 0. The zero-order chi connectivity index (χ0) is 2.00. The van der Waals surface area contributed by atoms with E-state index in [9.17, 15) is 0 Å². The Bertz CT molecular complexity index is 3.61. The largest absolute Gasteiger partial charge is 4.00 e. The topological polar surface area (TPSA) is 0 Å². The monoisotopic (exact) mass is 149 g/mol. The zero-order valence-corrected chi connectivity index (χ0v) is 6.67. The summed E-state index contributed by atoms with van der Waals surface area (Å²) >= 11 is 0. The van der Waals surface area contributed by atoms with Gasteiger partial charge in [0.15, 0.2) is 0 Å². The van der Waals surface area contributed by atoms with E-state index in [1.807, 2.05) is 0 Å². The molecule has 0 radical (unpaired) electrons. The first kappa shape index (κ1) is 39.6. The van der Waals surface area contributed by atoms with Crippen molar-refractivity contribution in [3.63, 3.8) is 0 Å². The maximum atomic E-state index is 3.25. The summed E-state index contributed by atoms with van der Waals surface area (Å²) in [5.41, 5.74) is 0. The first-order valence-electron chi connectivity index (χ1n) is 0.707. The predicted molar refractivity (Wildman–Crippen MR) is 23.9 cm³/mol.